The average Bonchev–Trinajstić information content (AvgIpc) is 2.62. The number of carboxylic acids is 1. The van der Waals surface area contributed by atoms with Crippen LogP contribution in [0.4, 0.5) is 0 Å². The van der Waals surface area contributed by atoms with Crippen LogP contribution in [0.5, 0.6) is 0 Å². The fraction of sp³-hybridized carbons (Fsp3) is 0.350. The van der Waals surface area contributed by atoms with Gasteiger partial charge in [-0.2, -0.15) is 0 Å². The number of likely N-dealkylation sites (tertiary alicyclic amines) is 1. The van der Waals surface area contributed by atoms with Crippen molar-refractivity contribution in [3.8, 4) is 0 Å². The van der Waals surface area contributed by atoms with Gasteiger partial charge < -0.3 is 10.0 Å². The maximum Gasteiger partial charge on any atom is 0.310 e. The van der Waals surface area contributed by atoms with Crippen molar-refractivity contribution in [2.45, 2.75) is 26.2 Å². The molecule has 1 N–H and O–H groups in total. The van der Waals surface area contributed by atoms with Gasteiger partial charge >= 0.3 is 5.97 Å². The van der Waals surface area contributed by atoms with E-state index in [9.17, 15) is 14.7 Å². The molecule has 0 unspecified atom stereocenters. The Balaban J connectivity index is 1.72. The molecule has 0 spiro atoms. The molecule has 1 fully saturated rings. The lowest BCUT2D eigenvalue weighted by Gasteiger charge is -2.39. The largest absolute Gasteiger partial charge is 0.481 e. The average molecular weight is 338 g/mol. The standard InChI is InChI=1S/C20H22N2O3/c1-15-13-17(7-10-21-15)18(23)22-11-8-20(9-12-22,19(24)25)14-16-5-3-2-4-6-16/h2-7,10,13H,8-9,11-12,14H2,1H3,(H,24,25). The Morgan fingerprint density at radius 2 is 1.84 bits per heavy atom. The van der Waals surface area contributed by atoms with Crippen LogP contribution in [-0.4, -0.2) is 40.0 Å². The Hall–Kier alpha value is -2.69. The third kappa shape index (κ3) is 3.71. The second-order valence-electron chi connectivity index (χ2n) is 6.73. The Labute approximate surface area is 147 Å². The van der Waals surface area contributed by atoms with Gasteiger partial charge in [-0.3, -0.25) is 14.6 Å². The maximum absolute atomic E-state index is 12.6. The van der Waals surface area contributed by atoms with Crippen LogP contribution in [0.25, 0.3) is 0 Å². The first kappa shape index (κ1) is 17.1. The number of amides is 1. The van der Waals surface area contributed by atoms with Gasteiger partial charge in [-0.05, 0) is 43.9 Å². The van der Waals surface area contributed by atoms with Crippen molar-refractivity contribution in [3.63, 3.8) is 0 Å². The second-order valence-corrected chi connectivity index (χ2v) is 6.73. The molecule has 1 saturated heterocycles. The molecule has 2 aromatic rings. The zero-order valence-corrected chi connectivity index (χ0v) is 14.3. The second kappa shape index (κ2) is 7.05. The van der Waals surface area contributed by atoms with E-state index < -0.39 is 11.4 Å². The first-order valence-electron chi connectivity index (χ1n) is 8.49. The maximum atomic E-state index is 12.6. The number of aromatic nitrogens is 1. The van der Waals surface area contributed by atoms with Crippen LogP contribution in [0.15, 0.2) is 48.7 Å². The minimum atomic E-state index is -0.799. The van der Waals surface area contributed by atoms with Crippen molar-refractivity contribution >= 4 is 11.9 Å². The van der Waals surface area contributed by atoms with E-state index in [1.54, 1.807) is 23.2 Å². The molecule has 0 saturated carbocycles. The molecule has 3 rings (SSSR count). The van der Waals surface area contributed by atoms with E-state index in [0.29, 0.717) is 37.9 Å². The van der Waals surface area contributed by atoms with Crippen molar-refractivity contribution in [2.24, 2.45) is 5.41 Å². The summed E-state index contributed by atoms with van der Waals surface area (Å²) in [7, 11) is 0. The Kier molecular flexibility index (Phi) is 4.83. The molecule has 1 aliphatic heterocycles. The molecule has 130 valence electrons. The highest BCUT2D eigenvalue weighted by atomic mass is 16.4. The van der Waals surface area contributed by atoms with Crippen LogP contribution in [-0.2, 0) is 11.2 Å². The summed E-state index contributed by atoms with van der Waals surface area (Å²) in [5.74, 6) is -0.826. The number of carboxylic acid groups (broad SMARTS) is 1. The monoisotopic (exact) mass is 338 g/mol. The van der Waals surface area contributed by atoms with Gasteiger partial charge in [0.1, 0.15) is 0 Å². The first-order valence-corrected chi connectivity index (χ1v) is 8.49. The van der Waals surface area contributed by atoms with Gasteiger partial charge in [0.05, 0.1) is 5.41 Å². The highest BCUT2D eigenvalue weighted by molar-refractivity contribution is 5.94. The van der Waals surface area contributed by atoms with Crippen molar-refractivity contribution in [2.75, 3.05) is 13.1 Å². The fourth-order valence-corrected chi connectivity index (χ4v) is 3.45. The molecule has 1 amide bonds. The first-order chi connectivity index (χ1) is 12.0. The fourth-order valence-electron chi connectivity index (χ4n) is 3.45. The number of hydrogen-bond donors (Lipinski definition) is 1. The summed E-state index contributed by atoms with van der Waals surface area (Å²) >= 11 is 0. The Bertz CT molecular complexity index is 766. The van der Waals surface area contributed by atoms with Crippen LogP contribution in [0.3, 0.4) is 0 Å². The van der Waals surface area contributed by atoms with Crippen LogP contribution in [0, 0.1) is 12.3 Å². The lowest BCUT2D eigenvalue weighted by molar-refractivity contribution is -0.151. The SMILES string of the molecule is Cc1cc(C(=O)N2CCC(Cc3ccccc3)(C(=O)O)CC2)ccn1. The lowest BCUT2D eigenvalue weighted by atomic mass is 9.73. The molecule has 0 radical (unpaired) electrons. The summed E-state index contributed by atoms with van der Waals surface area (Å²) in [6.45, 7) is 2.76. The lowest BCUT2D eigenvalue weighted by Crippen LogP contribution is -2.47. The number of carbonyl (C=O) groups is 2. The quantitative estimate of drug-likeness (QED) is 0.930. The van der Waals surface area contributed by atoms with Crippen molar-refractivity contribution in [3.05, 3.63) is 65.5 Å². The van der Waals surface area contributed by atoms with Gasteiger partial charge in [0.25, 0.3) is 5.91 Å². The van der Waals surface area contributed by atoms with Crippen LogP contribution in [0.1, 0.15) is 34.5 Å². The summed E-state index contributed by atoms with van der Waals surface area (Å²) in [6, 6.07) is 13.2. The van der Waals surface area contributed by atoms with E-state index in [1.807, 2.05) is 37.3 Å². The number of nitrogens with zero attached hydrogens (tertiary/aromatic N) is 2. The number of carbonyl (C=O) groups excluding carboxylic acids is 1. The Morgan fingerprint density at radius 1 is 1.16 bits per heavy atom. The van der Waals surface area contributed by atoms with E-state index in [4.69, 9.17) is 0 Å². The van der Waals surface area contributed by atoms with Crippen molar-refractivity contribution < 1.29 is 14.7 Å². The minimum absolute atomic E-state index is 0.0517. The molecular formula is C20H22N2O3. The summed E-state index contributed by atoms with van der Waals surface area (Å²) in [5.41, 5.74) is 1.63. The molecule has 0 bridgehead atoms. The van der Waals surface area contributed by atoms with E-state index in [1.165, 1.54) is 0 Å². The number of aryl methyl sites for hydroxylation is 1. The Morgan fingerprint density at radius 3 is 2.44 bits per heavy atom. The van der Waals surface area contributed by atoms with Crippen LogP contribution in [0.2, 0.25) is 0 Å². The molecular weight excluding hydrogens is 316 g/mol. The number of rotatable bonds is 4. The van der Waals surface area contributed by atoms with Crippen molar-refractivity contribution in [1.29, 1.82) is 0 Å². The summed E-state index contributed by atoms with van der Waals surface area (Å²) < 4.78 is 0. The summed E-state index contributed by atoms with van der Waals surface area (Å²) in [5, 5.41) is 9.82. The molecule has 1 aromatic carbocycles. The molecule has 1 aliphatic rings. The predicted molar refractivity (Wildman–Crippen MR) is 94.3 cm³/mol. The van der Waals surface area contributed by atoms with E-state index in [2.05, 4.69) is 4.98 Å². The number of piperidine rings is 1. The summed E-state index contributed by atoms with van der Waals surface area (Å²) in [6.07, 6.45) is 3.06. The van der Waals surface area contributed by atoms with E-state index in [0.717, 1.165) is 11.3 Å². The van der Waals surface area contributed by atoms with Crippen molar-refractivity contribution in [1.82, 2.24) is 9.88 Å². The molecule has 5 heteroatoms. The highest BCUT2D eigenvalue weighted by Crippen LogP contribution is 2.36. The van der Waals surface area contributed by atoms with Gasteiger partial charge in [-0.25, -0.2) is 0 Å². The number of hydrogen-bond acceptors (Lipinski definition) is 3. The molecule has 25 heavy (non-hydrogen) atoms. The van der Waals surface area contributed by atoms with Gasteiger partial charge in [0.2, 0.25) is 0 Å². The topological polar surface area (TPSA) is 70.5 Å². The molecule has 1 aromatic heterocycles. The zero-order valence-electron chi connectivity index (χ0n) is 14.3. The van der Waals surface area contributed by atoms with E-state index in [-0.39, 0.29) is 5.91 Å². The molecule has 5 nitrogen and oxygen atoms in total. The van der Waals surface area contributed by atoms with Crippen LogP contribution >= 0.6 is 0 Å². The number of aliphatic carboxylic acids is 1. The normalized spacial score (nSPS) is 16.4. The third-order valence-corrected chi connectivity index (χ3v) is 4.99. The molecule has 0 atom stereocenters. The predicted octanol–water partition coefficient (Wildman–Crippen LogP) is 2.94. The number of pyridine rings is 1. The van der Waals surface area contributed by atoms with Gasteiger partial charge in [-0.15, -0.1) is 0 Å². The third-order valence-electron chi connectivity index (χ3n) is 4.99. The zero-order chi connectivity index (χ0) is 17.9. The van der Waals surface area contributed by atoms with Gasteiger partial charge in [0, 0.05) is 30.5 Å². The molecule has 2 heterocycles. The number of benzene rings is 1. The summed E-state index contributed by atoms with van der Waals surface area (Å²) in [4.78, 5) is 30.5. The van der Waals surface area contributed by atoms with E-state index >= 15 is 0 Å². The van der Waals surface area contributed by atoms with Gasteiger partial charge in [0.15, 0.2) is 0 Å². The molecule has 0 aliphatic carbocycles. The smallest absolute Gasteiger partial charge is 0.310 e. The van der Waals surface area contributed by atoms with Gasteiger partial charge in [-0.1, -0.05) is 30.3 Å². The highest BCUT2D eigenvalue weighted by Gasteiger charge is 2.42. The van der Waals surface area contributed by atoms with Crippen LogP contribution < -0.4 is 0 Å². The minimum Gasteiger partial charge on any atom is -0.481 e.